The van der Waals surface area contributed by atoms with E-state index in [1.165, 1.54) is 0 Å². The molecule has 0 unspecified atom stereocenters. The van der Waals surface area contributed by atoms with Gasteiger partial charge in [0.1, 0.15) is 5.75 Å². The lowest BCUT2D eigenvalue weighted by atomic mass is 9.99. The Morgan fingerprint density at radius 3 is 2.55 bits per heavy atom. The smallest absolute Gasteiger partial charge is 0.308 e. The Bertz CT molecular complexity index is 502. The van der Waals surface area contributed by atoms with Crippen LogP contribution in [0.2, 0.25) is 0 Å². The molecule has 0 radical (unpaired) electrons. The number of carboxylic acid groups (broad SMARTS) is 1. The van der Waals surface area contributed by atoms with Crippen molar-refractivity contribution < 1.29 is 19.4 Å². The summed E-state index contributed by atoms with van der Waals surface area (Å²) in [6, 6.07) is 7.20. The summed E-state index contributed by atoms with van der Waals surface area (Å²) in [5, 5.41) is 9.04. The molecule has 0 bridgehead atoms. The zero-order valence-corrected chi connectivity index (χ0v) is 12.7. The van der Waals surface area contributed by atoms with Crippen molar-refractivity contribution in [2.45, 2.75) is 6.92 Å². The van der Waals surface area contributed by atoms with Crippen LogP contribution < -0.4 is 4.74 Å². The highest BCUT2D eigenvalue weighted by molar-refractivity contribution is 9.10. The van der Waals surface area contributed by atoms with E-state index >= 15 is 0 Å². The number of likely N-dealkylation sites (tertiary alicyclic amines) is 1. The molecule has 1 N–H and O–H groups in total. The van der Waals surface area contributed by atoms with E-state index in [4.69, 9.17) is 9.84 Å². The van der Waals surface area contributed by atoms with Gasteiger partial charge in [0.15, 0.2) is 6.61 Å². The van der Waals surface area contributed by atoms with Crippen molar-refractivity contribution in [1.82, 2.24) is 4.90 Å². The summed E-state index contributed by atoms with van der Waals surface area (Å²) in [5.41, 5.74) is 0. The lowest BCUT2D eigenvalue weighted by Gasteiger charge is -2.16. The fourth-order valence-corrected chi connectivity index (χ4v) is 2.52. The first-order valence-electron chi connectivity index (χ1n) is 6.36. The quantitative estimate of drug-likeness (QED) is 0.909. The zero-order chi connectivity index (χ0) is 14.7. The minimum Gasteiger partial charge on any atom is -0.484 e. The predicted octanol–water partition coefficient (Wildman–Crippen LogP) is 2.01. The minimum atomic E-state index is -0.846. The van der Waals surface area contributed by atoms with E-state index in [-0.39, 0.29) is 25.0 Å². The van der Waals surface area contributed by atoms with Gasteiger partial charge in [-0.05, 0) is 30.2 Å². The number of ether oxygens (including phenoxy) is 1. The normalized spacial score (nSPS) is 21.8. The van der Waals surface area contributed by atoms with Crippen molar-refractivity contribution in [3.05, 3.63) is 28.7 Å². The average molecular weight is 342 g/mol. The van der Waals surface area contributed by atoms with E-state index in [0.717, 1.165) is 4.47 Å². The number of aliphatic carboxylic acids is 1. The predicted molar refractivity (Wildman–Crippen MR) is 76.5 cm³/mol. The Morgan fingerprint density at radius 2 is 2.00 bits per heavy atom. The van der Waals surface area contributed by atoms with Crippen LogP contribution in [0.4, 0.5) is 0 Å². The van der Waals surface area contributed by atoms with Gasteiger partial charge in [0.25, 0.3) is 5.91 Å². The molecule has 2 rings (SSSR count). The van der Waals surface area contributed by atoms with Gasteiger partial charge in [-0.15, -0.1) is 0 Å². The summed E-state index contributed by atoms with van der Waals surface area (Å²) in [6.07, 6.45) is 0. The lowest BCUT2D eigenvalue weighted by molar-refractivity contribution is -0.142. The standard InChI is InChI=1S/C14H16BrNO4/c1-9-6-16(7-12(9)14(18)19)13(17)8-20-11-4-2-10(15)3-5-11/h2-5,9,12H,6-8H2,1H3,(H,18,19)/t9-,12-/m1/s1. The van der Waals surface area contributed by atoms with Gasteiger partial charge in [0.05, 0.1) is 5.92 Å². The van der Waals surface area contributed by atoms with Crippen LogP contribution in [0.1, 0.15) is 6.92 Å². The number of rotatable bonds is 4. The third-order valence-corrected chi connectivity index (χ3v) is 3.99. The highest BCUT2D eigenvalue weighted by atomic mass is 79.9. The lowest BCUT2D eigenvalue weighted by Crippen LogP contribution is -2.33. The molecular weight excluding hydrogens is 326 g/mol. The summed E-state index contributed by atoms with van der Waals surface area (Å²) < 4.78 is 6.35. The molecule has 20 heavy (non-hydrogen) atoms. The molecule has 1 fully saturated rings. The number of carboxylic acids is 1. The Balaban J connectivity index is 1.87. The van der Waals surface area contributed by atoms with Crippen molar-refractivity contribution >= 4 is 27.8 Å². The molecule has 0 aliphatic carbocycles. The molecule has 1 aromatic carbocycles. The molecule has 1 saturated heterocycles. The number of hydrogen-bond acceptors (Lipinski definition) is 3. The number of carbonyl (C=O) groups is 2. The minimum absolute atomic E-state index is 0.0240. The van der Waals surface area contributed by atoms with Crippen molar-refractivity contribution in [3.8, 4) is 5.75 Å². The molecule has 0 saturated carbocycles. The number of nitrogens with zero attached hydrogens (tertiary/aromatic N) is 1. The topological polar surface area (TPSA) is 66.8 Å². The number of benzene rings is 1. The van der Waals surface area contributed by atoms with E-state index in [1.54, 1.807) is 17.0 Å². The second-order valence-electron chi connectivity index (χ2n) is 4.96. The molecule has 0 spiro atoms. The number of amides is 1. The van der Waals surface area contributed by atoms with Crippen LogP contribution in [0.3, 0.4) is 0 Å². The van der Waals surface area contributed by atoms with Gasteiger partial charge in [-0.1, -0.05) is 22.9 Å². The summed E-state index contributed by atoms with van der Waals surface area (Å²) in [4.78, 5) is 24.6. The third-order valence-electron chi connectivity index (χ3n) is 3.46. The van der Waals surface area contributed by atoms with E-state index in [1.807, 2.05) is 19.1 Å². The Hall–Kier alpha value is -1.56. The first-order valence-corrected chi connectivity index (χ1v) is 7.15. The van der Waals surface area contributed by atoms with Gasteiger partial charge >= 0.3 is 5.97 Å². The van der Waals surface area contributed by atoms with Crippen LogP contribution in [0.25, 0.3) is 0 Å². The fraction of sp³-hybridized carbons (Fsp3) is 0.429. The molecule has 0 aromatic heterocycles. The van der Waals surface area contributed by atoms with Gasteiger partial charge in [-0.25, -0.2) is 0 Å². The van der Waals surface area contributed by atoms with E-state index in [2.05, 4.69) is 15.9 Å². The molecule has 1 aliphatic heterocycles. The highest BCUT2D eigenvalue weighted by Crippen LogP contribution is 2.23. The van der Waals surface area contributed by atoms with Crippen molar-refractivity contribution in [1.29, 1.82) is 0 Å². The molecule has 1 amide bonds. The molecule has 1 aliphatic rings. The van der Waals surface area contributed by atoms with Crippen molar-refractivity contribution in [3.63, 3.8) is 0 Å². The van der Waals surface area contributed by atoms with Crippen LogP contribution in [0.15, 0.2) is 28.7 Å². The van der Waals surface area contributed by atoms with Crippen LogP contribution >= 0.6 is 15.9 Å². The average Bonchev–Trinajstić information content (AvgIpc) is 2.80. The van der Waals surface area contributed by atoms with E-state index in [9.17, 15) is 9.59 Å². The highest BCUT2D eigenvalue weighted by Gasteiger charge is 2.36. The summed E-state index contributed by atoms with van der Waals surface area (Å²) in [5.74, 6) is -0.913. The summed E-state index contributed by atoms with van der Waals surface area (Å²) in [7, 11) is 0. The Labute approximate surface area is 125 Å². The molecule has 6 heteroatoms. The summed E-state index contributed by atoms with van der Waals surface area (Å²) >= 11 is 3.32. The first kappa shape index (κ1) is 14.8. The fourth-order valence-electron chi connectivity index (χ4n) is 2.26. The van der Waals surface area contributed by atoms with Gasteiger partial charge in [0, 0.05) is 17.6 Å². The van der Waals surface area contributed by atoms with Crippen LogP contribution in [-0.2, 0) is 9.59 Å². The maximum atomic E-state index is 12.0. The van der Waals surface area contributed by atoms with Gasteiger partial charge in [-0.3, -0.25) is 9.59 Å². The number of carbonyl (C=O) groups excluding carboxylic acids is 1. The van der Waals surface area contributed by atoms with Crippen LogP contribution in [0.5, 0.6) is 5.75 Å². The number of hydrogen-bond donors (Lipinski definition) is 1. The molecule has 1 heterocycles. The summed E-state index contributed by atoms with van der Waals surface area (Å²) in [6.45, 7) is 2.51. The molecule has 1 aromatic rings. The van der Waals surface area contributed by atoms with Gasteiger partial charge < -0.3 is 14.7 Å². The molecular formula is C14H16BrNO4. The largest absolute Gasteiger partial charge is 0.484 e. The van der Waals surface area contributed by atoms with Gasteiger partial charge in [0.2, 0.25) is 0 Å². The van der Waals surface area contributed by atoms with E-state index in [0.29, 0.717) is 12.3 Å². The monoisotopic (exact) mass is 341 g/mol. The van der Waals surface area contributed by atoms with Crippen LogP contribution in [0, 0.1) is 11.8 Å². The number of halogens is 1. The second-order valence-corrected chi connectivity index (χ2v) is 5.88. The molecule has 108 valence electrons. The van der Waals surface area contributed by atoms with Crippen molar-refractivity contribution in [2.24, 2.45) is 11.8 Å². The maximum absolute atomic E-state index is 12.0. The zero-order valence-electron chi connectivity index (χ0n) is 11.1. The molecule has 2 atom stereocenters. The maximum Gasteiger partial charge on any atom is 0.308 e. The first-order chi connectivity index (χ1) is 9.47. The third kappa shape index (κ3) is 3.50. The van der Waals surface area contributed by atoms with Crippen molar-refractivity contribution in [2.75, 3.05) is 19.7 Å². The second kappa shape index (κ2) is 6.26. The molecule has 5 nitrogen and oxygen atoms in total. The van der Waals surface area contributed by atoms with Gasteiger partial charge in [-0.2, -0.15) is 0 Å². The Morgan fingerprint density at radius 1 is 1.35 bits per heavy atom. The SMILES string of the molecule is C[C@@H]1CN(C(=O)COc2ccc(Br)cc2)C[C@H]1C(=O)O. The van der Waals surface area contributed by atoms with Crippen LogP contribution in [-0.4, -0.2) is 41.6 Å². The Kier molecular flexibility index (Phi) is 4.65. The van der Waals surface area contributed by atoms with E-state index < -0.39 is 11.9 Å².